The normalized spacial score (nSPS) is 18.6. The van der Waals surface area contributed by atoms with Gasteiger partial charge in [0, 0.05) is 49.4 Å². The molecule has 0 bridgehead atoms. The lowest BCUT2D eigenvalue weighted by molar-refractivity contribution is -0.140. The van der Waals surface area contributed by atoms with Gasteiger partial charge in [0.25, 0.3) is 5.91 Å². The molecule has 1 aliphatic carbocycles. The number of benzene rings is 2. The minimum absolute atomic E-state index is 0.142. The summed E-state index contributed by atoms with van der Waals surface area (Å²) in [5.74, 6) is 0.181. The minimum Gasteiger partial charge on any atom is -0.337 e. The molecule has 1 atom stereocenters. The van der Waals surface area contributed by atoms with E-state index in [9.17, 15) is 14.9 Å². The Kier molecular flexibility index (Phi) is 7.48. The number of rotatable bonds is 5. The average Bonchev–Trinajstić information content (AvgIpc) is 3.41. The van der Waals surface area contributed by atoms with Crippen molar-refractivity contribution in [3.63, 3.8) is 0 Å². The summed E-state index contributed by atoms with van der Waals surface area (Å²) in [7, 11) is 0. The lowest BCUT2D eigenvalue weighted by Crippen LogP contribution is -2.54. The van der Waals surface area contributed by atoms with Crippen molar-refractivity contribution in [1.29, 1.82) is 10.5 Å². The van der Waals surface area contributed by atoms with Crippen LogP contribution in [-0.4, -0.2) is 47.3 Å². The van der Waals surface area contributed by atoms with Crippen molar-refractivity contribution in [1.82, 2.24) is 9.80 Å². The molecule has 1 aliphatic heterocycles. The fourth-order valence-electron chi connectivity index (χ4n) is 5.21. The Morgan fingerprint density at radius 3 is 2.49 bits per heavy atom. The molecular weight excluding hydrogens is 438 g/mol. The summed E-state index contributed by atoms with van der Waals surface area (Å²) in [6.45, 7) is 6.97. The lowest BCUT2D eigenvalue weighted by atomic mass is 10.0. The van der Waals surface area contributed by atoms with Gasteiger partial charge in [-0.3, -0.25) is 14.5 Å². The summed E-state index contributed by atoms with van der Waals surface area (Å²) in [6.07, 6.45) is 4.34. The molecule has 2 fully saturated rings. The van der Waals surface area contributed by atoms with E-state index in [1.807, 2.05) is 24.0 Å². The van der Waals surface area contributed by atoms with E-state index in [-0.39, 0.29) is 17.9 Å². The highest BCUT2D eigenvalue weighted by molar-refractivity contribution is 6.05. The monoisotopic (exact) mass is 469 g/mol. The predicted molar refractivity (Wildman–Crippen MR) is 133 cm³/mol. The molecule has 180 valence electrons. The lowest BCUT2D eigenvalue weighted by Gasteiger charge is -2.41. The molecule has 1 saturated carbocycles. The Hall–Kier alpha value is -3.68. The van der Waals surface area contributed by atoms with Crippen molar-refractivity contribution < 1.29 is 9.59 Å². The Balaban J connectivity index is 1.47. The number of hydrogen-bond donors (Lipinski definition) is 1. The number of carbonyl (C=O) groups excluding carboxylic acids is 2. The number of piperazine rings is 1. The van der Waals surface area contributed by atoms with Gasteiger partial charge in [-0.05, 0) is 68.1 Å². The van der Waals surface area contributed by atoms with Crippen LogP contribution in [0.1, 0.15) is 65.2 Å². The van der Waals surface area contributed by atoms with Crippen LogP contribution < -0.4 is 5.32 Å². The van der Waals surface area contributed by atoms with Crippen molar-refractivity contribution in [3.8, 4) is 12.1 Å². The van der Waals surface area contributed by atoms with Crippen LogP contribution in [0.2, 0.25) is 0 Å². The van der Waals surface area contributed by atoms with Gasteiger partial charge < -0.3 is 10.2 Å². The van der Waals surface area contributed by atoms with Gasteiger partial charge in [0.2, 0.25) is 5.91 Å². The van der Waals surface area contributed by atoms with Crippen molar-refractivity contribution in [2.45, 2.75) is 52.1 Å². The standard InChI is InChI=1S/C28H31N5O2/c1-19-17-32(10-11-33(19)28(35)23-7-3-4-8-23)18-25-13-22(16-30)14-26(20(25)2)31-27(34)24-9-5-6-21(12-24)15-29/h5-6,9,12-14,19,23H,3-4,7-8,10-11,17-18H2,1-2H3,(H,31,34). The molecular formula is C28H31N5O2. The second-order valence-electron chi connectivity index (χ2n) is 9.66. The van der Waals surface area contributed by atoms with Crippen LogP contribution in [-0.2, 0) is 11.3 Å². The van der Waals surface area contributed by atoms with Crippen molar-refractivity contribution >= 4 is 17.5 Å². The third-order valence-corrected chi connectivity index (χ3v) is 7.24. The van der Waals surface area contributed by atoms with E-state index in [2.05, 4.69) is 23.2 Å². The first-order valence-corrected chi connectivity index (χ1v) is 12.3. The molecule has 1 N–H and O–H groups in total. The maximum Gasteiger partial charge on any atom is 0.255 e. The zero-order chi connectivity index (χ0) is 24.9. The highest BCUT2D eigenvalue weighted by Gasteiger charge is 2.33. The number of amides is 2. The molecule has 0 aromatic heterocycles. The van der Waals surface area contributed by atoms with Crippen molar-refractivity contribution in [2.75, 3.05) is 25.0 Å². The molecule has 0 radical (unpaired) electrons. The fourth-order valence-corrected chi connectivity index (χ4v) is 5.21. The topological polar surface area (TPSA) is 100 Å². The van der Waals surface area contributed by atoms with Crippen molar-refractivity contribution in [3.05, 3.63) is 64.2 Å². The van der Waals surface area contributed by atoms with Crippen LogP contribution in [0.25, 0.3) is 0 Å². The number of nitriles is 2. The fraction of sp³-hybridized carbons (Fsp3) is 0.429. The zero-order valence-electron chi connectivity index (χ0n) is 20.4. The number of anilines is 1. The SMILES string of the molecule is Cc1c(CN2CCN(C(=O)C3CCCC3)C(C)C2)cc(C#N)cc1NC(=O)c1cccc(C#N)c1. The van der Waals surface area contributed by atoms with Gasteiger partial charge in [-0.25, -0.2) is 0 Å². The summed E-state index contributed by atoms with van der Waals surface area (Å²) in [6, 6.07) is 14.5. The molecule has 1 unspecified atom stereocenters. The number of carbonyl (C=O) groups is 2. The van der Waals surface area contributed by atoms with E-state index in [0.717, 1.165) is 49.9 Å². The second-order valence-corrected chi connectivity index (χ2v) is 9.66. The Morgan fingerprint density at radius 1 is 1.06 bits per heavy atom. The molecule has 1 saturated heterocycles. The van der Waals surface area contributed by atoms with Gasteiger partial charge in [-0.15, -0.1) is 0 Å². The van der Waals surface area contributed by atoms with E-state index in [1.54, 1.807) is 30.3 Å². The highest BCUT2D eigenvalue weighted by Crippen LogP contribution is 2.29. The van der Waals surface area contributed by atoms with Crippen LogP contribution in [0, 0.1) is 35.5 Å². The summed E-state index contributed by atoms with van der Waals surface area (Å²) >= 11 is 0. The molecule has 1 heterocycles. The van der Waals surface area contributed by atoms with Crippen LogP contribution in [0.5, 0.6) is 0 Å². The predicted octanol–water partition coefficient (Wildman–Crippen LogP) is 4.21. The average molecular weight is 470 g/mol. The van der Waals surface area contributed by atoms with Gasteiger partial charge in [0.15, 0.2) is 0 Å². The molecule has 2 aromatic carbocycles. The van der Waals surface area contributed by atoms with Crippen LogP contribution >= 0.6 is 0 Å². The molecule has 35 heavy (non-hydrogen) atoms. The van der Waals surface area contributed by atoms with Crippen LogP contribution in [0.4, 0.5) is 5.69 Å². The van der Waals surface area contributed by atoms with E-state index < -0.39 is 0 Å². The molecule has 2 aliphatic rings. The molecule has 7 nitrogen and oxygen atoms in total. The summed E-state index contributed by atoms with van der Waals surface area (Å²) in [5, 5.41) is 21.6. The zero-order valence-corrected chi connectivity index (χ0v) is 20.4. The summed E-state index contributed by atoms with van der Waals surface area (Å²) in [5.41, 5.74) is 3.77. The second kappa shape index (κ2) is 10.7. The number of nitrogens with zero attached hydrogens (tertiary/aromatic N) is 4. The number of hydrogen-bond acceptors (Lipinski definition) is 5. The molecule has 4 rings (SSSR count). The van der Waals surface area contributed by atoms with Gasteiger partial charge in [0.1, 0.15) is 0 Å². The third-order valence-electron chi connectivity index (χ3n) is 7.24. The molecule has 2 aromatic rings. The van der Waals surface area contributed by atoms with Gasteiger partial charge in [0.05, 0.1) is 23.3 Å². The van der Waals surface area contributed by atoms with E-state index in [0.29, 0.717) is 41.4 Å². The minimum atomic E-state index is -0.320. The third kappa shape index (κ3) is 5.53. The van der Waals surface area contributed by atoms with E-state index >= 15 is 0 Å². The Bertz CT molecular complexity index is 1200. The summed E-state index contributed by atoms with van der Waals surface area (Å²) < 4.78 is 0. The highest BCUT2D eigenvalue weighted by atomic mass is 16.2. The maximum absolute atomic E-state index is 12.9. The van der Waals surface area contributed by atoms with Gasteiger partial charge in [-0.1, -0.05) is 18.9 Å². The smallest absolute Gasteiger partial charge is 0.255 e. The van der Waals surface area contributed by atoms with Crippen molar-refractivity contribution in [2.24, 2.45) is 5.92 Å². The molecule has 2 amide bonds. The largest absolute Gasteiger partial charge is 0.337 e. The van der Waals surface area contributed by atoms with Gasteiger partial charge in [-0.2, -0.15) is 10.5 Å². The molecule has 7 heteroatoms. The van der Waals surface area contributed by atoms with Gasteiger partial charge >= 0.3 is 0 Å². The first-order valence-electron chi connectivity index (χ1n) is 12.3. The Labute approximate surface area is 206 Å². The Morgan fingerprint density at radius 2 is 1.80 bits per heavy atom. The van der Waals surface area contributed by atoms with Crippen LogP contribution in [0.15, 0.2) is 36.4 Å². The van der Waals surface area contributed by atoms with Crippen LogP contribution in [0.3, 0.4) is 0 Å². The van der Waals surface area contributed by atoms with E-state index in [4.69, 9.17) is 5.26 Å². The molecule has 0 spiro atoms. The summed E-state index contributed by atoms with van der Waals surface area (Å²) in [4.78, 5) is 30.1. The first kappa shape index (κ1) is 24.4. The maximum atomic E-state index is 12.9. The number of nitrogens with one attached hydrogen (secondary N) is 1. The van der Waals surface area contributed by atoms with E-state index in [1.165, 1.54) is 0 Å². The first-order chi connectivity index (χ1) is 16.9. The quantitative estimate of drug-likeness (QED) is 0.707.